The van der Waals surface area contributed by atoms with Crippen LogP contribution in [0.2, 0.25) is 0 Å². The minimum atomic E-state index is -1.95. The largest absolute Gasteiger partial charge is 0.269 e. The second-order valence-electron chi connectivity index (χ2n) is 3.96. The Balaban J connectivity index is 2.49. The van der Waals surface area contributed by atoms with E-state index in [1.54, 1.807) is 0 Å². The van der Waals surface area contributed by atoms with Gasteiger partial charge in [-0.15, -0.1) is 0 Å². The summed E-state index contributed by atoms with van der Waals surface area (Å²) in [5.74, 6) is 0. The van der Waals surface area contributed by atoms with Crippen molar-refractivity contribution in [3.63, 3.8) is 0 Å². The Hall–Kier alpha value is -1.52. The molecule has 0 saturated carbocycles. The van der Waals surface area contributed by atoms with E-state index in [0.29, 0.717) is 5.56 Å². The average molecular weight is 213 g/mol. The molecule has 80 valence electrons. The molecule has 1 aliphatic carbocycles. The number of hydrogen-bond acceptors (Lipinski definition) is 2. The van der Waals surface area contributed by atoms with E-state index in [1.165, 1.54) is 19.1 Å². The van der Waals surface area contributed by atoms with Gasteiger partial charge in [-0.05, 0) is 18.1 Å². The number of hydrogen-bond donors (Lipinski definition) is 0. The van der Waals surface area contributed by atoms with Gasteiger partial charge in [0.2, 0.25) is 0 Å². The third kappa shape index (κ3) is 1.48. The quantitative estimate of drug-likeness (QED) is 0.531. The van der Waals surface area contributed by atoms with Gasteiger partial charge in [0, 0.05) is 18.6 Å². The molecule has 0 N–H and O–H groups in total. The lowest BCUT2D eigenvalue weighted by Crippen LogP contribution is -2.20. The zero-order valence-corrected chi connectivity index (χ0v) is 8.04. The van der Waals surface area contributed by atoms with Gasteiger partial charge in [0.25, 0.3) is 5.69 Å². The first-order valence-electron chi connectivity index (χ1n) is 4.52. The van der Waals surface area contributed by atoms with Crippen LogP contribution in [0.1, 0.15) is 24.2 Å². The van der Waals surface area contributed by atoms with E-state index in [0.717, 1.165) is 6.07 Å². The Morgan fingerprint density at radius 2 is 2.27 bits per heavy atom. The minimum absolute atomic E-state index is 0.0263. The molecular weight excluding hydrogens is 204 g/mol. The SMILES string of the molecule is C[C@@]1(F)Cc2ccc([N+](=O)[O-])cc2[C@@H]1F. The third-order valence-corrected chi connectivity index (χ3v) is 2.68. The van der Waals surface area contributed by atoms with Crippen LogP contribution in [-0.2, 0) is 6.42 Å². The van der Waals surface area contributed by atoms with Crippen molar-refractivity contribution in [2.45, 2.75) is 25.2 Å². The fourth-order valence-electron chi connectivity index (χ4n) is 1.88. The summed E-state index contributed by atoms with van der Waals surface area (Å²) in [6, 6.07) is 3.81. The molecule has 1 aromatic rings. The van der Waals surface area contributed by atoms with E-state index in [-0.39, 0.29) is 17.7 Å². The summed E-state index contributed by atoms with van der Waals surface area (Å²) in [5, 5.41) is 10.5. The van der Waals surface area contributed by atoms with Crippen LogP contribution in [0, 0.1) is 10.1 Å². The average Bonchev–Trinajstić information content (AvgIpc) is 2.37. The summed E-state index contributed by atoms with van der Waals surface area (Å²) in [6.07, 6.45) is -1.80. The molecule has 5 heteroatoms. The Labute approximate surface area is 84.9 Å². The molecule has 0 radical (unpaired) electrons. The second-order valence-corrected chi connectivity index (χ2v) is 3.96. The van der Waals surface area contributed by atoms with Gasteiger partial charge in [-0.25, -0.2) is 8.78 Å². The molecule has 0 spiro atoms. The maximum absolute atomic E-state index is 13.6. The number of nitrogens with zero attached hydrogens (tertiary/aromatic N) is 1. The molecule has 1 aliphatic rings. The summed E-state index contributed by atoms with van der Waals surface area (Å²) in [5.41, 5.74) is -1.53. The van der Waals surface area contributed by atoms with Gasteiger partial charge >= 0.3 is 0 Å². The summed E-state index contributed by atoms with van der Waals surface area (Å²) in [7, 11) is 0. The summed E-state index contributed by atoms with van der Waals surface area (Å²) >= 11 is 0. The van der Waals surface area contributed by atoms with Crippen LogP contribution < -0.4 is 0 Å². The number of alkyl halides is 2. The zero-order valence-electron chi connectivity index (χ0n) is 8.04. The molecule has 0 bridgehead atoms. The number of halogens is 2. The standard InChI is InChI=1S/C10H9F2NO2/c1-10(12)5-6-2-3-7(13(14)15)4-8(6)9(10)11/h2-4,9H,5H2,1H3/t9-,10+/m0/s1. The van der Waals surface area contributed by atoms with Gasteiger partial charge in [0.05, 0.1) is 4.92 Å². The van der Waals surface area contributed by atoms with Crippen LogP contribution >= 0.6 is 0 Å². The Morgan fingerprint density at radius 1 is 1.60 bits per heavy atom. The van der Waals surface area contributed by atoms with Crippen LogP contribution in [0.15, 0.2) is 18.2 Å². The van der Waals surface area contributed by atoms with Gasteiger partial charge < -0.3 is 0 Å². The van der Waals surface area contributed by atoms with Gasteiger partial charge in [0.1, 0.15) is 5.67 Å². The molecule has 0 saturated heterocycles. The summed E-state index contributed by atoms with van der Waals surface area (Å²) in [4.78, 5) is 9.85. The summed E-state index contributed by atoms with van der Waals surface area (Å²) < 4.78 is 27.1. The molecule has 1 aromatic carbocycles. The molecule has 2 rings (SSSR count). The van der Waals surface area contributed by atoms with Gasteiger partial charge in [-0.3, -0.25) is 10.1 Å². The normalized spacial score (nSPS) is 28.9. The molecule has 0 unspecified atom stereocenters. The molecular formula is C10H9F2NO2. The second kappa shape index (κ2) is 2.98. The molecule has 2 atom stereocenters. The van der Waals surface area contributed by atoms with E-state index in [1.807, 2.05) is 0 Å². The number of benzene rings is 1. The van der Waals surface area contributed by atoms with E-state index >= 15 is 0 Å². The van der Waals surface area contributed by atoms with Crippen molar-refractivity contribution in [3.05, 3.63) is 39.4 Å². The minimum Gasteiger partial charge on any atom is -0.258 e. The van der Waals surface area contributed by atoms with Gasteiger partial charge in [-0.1, -0.05) is 6.07 Å². The molecule has 3 nitrogen and oxygen atoms in total. The first-order chi connectivity index (χ1) is 6.92. The smallest absolute Gasteiger partial charge is 0.258 e. The highest BCUT2D eigenvalue weighted by Gasteiger charge is 2.44. The zero-order chi connectivity index (χ0) is 11.2. The maximum Gasteiger partial charge on any atom is 0.269 e. The number of rotatable bonds is 1. The Bertz CT molecular complexity index is 431. The van der Waals surface area contributed by atoms with Gasteiger partial charge in [-0.2, -0.15) is 0 Å². The van der Waals surface area contributed by atoms with Crippen molar-refractivity contribution < 1.29 is 13.7 Å². The predicted octanol–water partition coefficient (Wildman–Crippen LogP) is 2.89. The fourth-order valence-corrected chi connectivity index (χ4v) is 1.88. The van der Waals surface area contributed by atoms with Crippen LogP contribution in [0.25, 0.3) is 0 Å². The van der Waals surface area contributed by atoms with Crippen LogP contribution in [0.3, 0.4) is 0 Å². The number of fused-ring (bicyclic) bond motifs is 1. The van der Waals surface area contributed by atoms with Crippen molar-refractivity contribution >= 4 is 5.69 Å². The van der Waals surface area contributed by atoms with E-state index in [9.17, 15) is 18.9 Å². The monoisotopic (exact) mass is 213 g/mol. The van der Waals surface area contributed by atoms with Crippen molar-refractivity contribution in [2.75, 3.05) is 0 Å². The predicted molar refractivity (Wildman–Crippen MR) is 50.2 cm³/mol. The number of nitro groups is 1. The van der Waals surface area contributed by atoms with Crippen LogP contribution in [-0.4, -0.2) is 10.6 Å². The fraction of sp³-hybridized carbons (Fsp3) is 0.400. The highest BCUT2D eigenvalue weighted by molar-refractivity contribution is 5.45. The van der Waals surface area contributed by atoms with Crippen molar-refractivity contribution in [1.82, 2.24) is 0 Å². The first-order valence-corrected chi connectivity index (χ1v) is 4.52. The van der Waals surface area contributed by atoms with E-state index < -0.39 is 16.8 Å². The highest BCUT2D eigenvalue weighted by Crippen LogP contribution is 2.45. The van der Waals surface area contributed by atoms with Crippen molar-refractivity contribution in [1.29, 1.82) is 0 Å². The lowest BCUT2D eigenvalue weighted by molar-refractivity contribution is -0.385. The maximum atomic E-state index is 13.6. The Morgan fingerprint density at radius 3 is 2.87 bits per heavy atom. The van der Waals surface area contributed by atoms with Crippen molar-refractivity contribution in [2.24, 2.45) is 0 Å². The lowest BCUT2D eigenvalue weighted by atomic mass is 10.0. The molecule has 0 amide bonds. The molecule has 0 heterocycles. The third-order valence-electron chi connectivity index (χ3n) is 2.68. The number of non-ortho nitro benzene ring substituents is 1. The highest BCUT2D eigenvalue weighted by atomic mass is 19.2. The molecule has 0 aromatic heterocycles. The summed E-state index contributed by atoms with van der Waals surface area (Å²) in [6.45, 7) is 1.17. The lowest BCUT2D eigenvalue weighted by Gasteiger charge is -2.14. The van der Waals surface area contributed by atoms with Crippen LogP contribution in [0.5, 0.6) is 0 Å². The molecule has 0 aliphatic heterocycles. The van der Waals surface area contributed by atoms with Gasteiger partial charge in [0.15, 0.2) is 6.17 Å². The Kier molecular flexibility index (Phi) is 1.99. The number of nitro benzene ring substituents is 1. The van der Waals surface area contributed by atoms with E-state index in [4.69, 9.17) is 0 Å². The van der Waals surface area contributed by atoms with E-state index in [2.05, 4.69) is 0 Å². The molecule has 0 fully saturated rings. The first kappa shape index (κ1) is 10.0. The topological polar surface area (TPSA) is 43.1 Å². The van der Waals surface area contributed by atoms with Crippen molar-refractivity contribution in [3.8, 4) is 0 Å². The van der Waals surface area contributed by atoms with Crippen LogP contribution in [0.4, 0.5) is 14.5 Å². The molecule has 15 heavy (non-hydrogen) atoms.